The molecule has 1 amide bonds. The fraction of sp³-hybridized carbons (Fsp3) is 0.318. The first-order chi connectivity index (χ1) is 15.4. The minimum absolute atomic E-state index is 0.0263. The summed E-state index contributed by atoms with van der Waals surface area (Å²) in [5.41, 5.74) is 0.0794. The Bertz CT molecular complexity index is 1310. The van der Waals surface area contributed by atoms with Crippen LogP contribution in [0.15, 0.2) is 52.1 Å². The van der Waals surface area contributed by atoms with Crippen molar-refractivity contribution < 1.29 is 19.1 Å². The molecule has 1 aliphatic heterocycles. The Kier molecular flexibility index (Phi) is 4.84. The van der Waals surface area contributed by atoms with Gasteiger partial charge in [-0.3, -0.25) is 9.36 Å². The molecule has 2 aliphatic rings. The second kappa shape index (κ2) is 7.70. The van der Waals surface area contributed by atoms with Crippen molar-refractivity contribution >= 4 is 22.7 Å². The van der Waals surface area contributed by atoms with E-state index < -0.39 is 23.2 Å². The molecule has 0 bridgehead atoms. The number of aromatic nitrogens is 2. The van der Waals surface area contributed by atoms with Crippen molar-refractivity contribution in [1.82, 2.24) is 14.6 Å². The quantitative estimate of drug-likeness (QED) is 0.605. The number of hydrogen-bond acceptors (Lipinski definition) is 5. The predicted octanol–water partition coefficient (Wildman–Crippen LogP) is 1.72. The van der Waals surface area contributed by atoms with Crippen molar-refractivity contribution in [3.05, 3.63) is 74.7 Å². The highest BCUT2D eigenvalue weighted by Crippen LogP contribution is 2.37. The molecule has 0 unspecified atom stereocenters. The van der Waals surface area contributed by atoms with Gasteiger partial charge in [-0.2, -0.15) is 0 Å². The highest BCUT2D eigenvalue weighted by atomic mass is 19.1. The molecule has 5 rings (SSSR count). The molecule has 1 aromatic heterocycles. The van der Waals surface area contributed by atoms with Crippen LogP contribution in [-0.4, -0.2) is 39.6 Å². The van der Waals surface area contributed by atoms with E-state index in [-0.39, 0.29) is 29.8 Å². The van der Waals surface area contributed by atoms with E-state index in [0.29, 0.717) is 23.3 Å². The normalized spacial score (nSPS) is 16.1. The second-order valence-corrected chi connectivity index (χ2v) is 8.11. The van der Waals surface area contributed by atoms with Crippen LogP contribution in [0.1, 0.15) is 24.4 Å². The van der Waals surface area contributed by atoms with Gasteiger partial charge in [0, 0.05) is 19.1 Å². The number of rotatable bonds is 6. The molecule has 3 aromatic rings. The first kappa shape index (κ1) is 20.1. The maximum Gasteiger partial charge on any atom is 0.405 e. The van der Waals surface area contributed by atoms with Crippen LogP contribution in [0.3, 0.4) is 0 Å². The average molecular weight is 440 g/mol. The van der Waals surface area contributed by atoms with Crippen LogP contribution in [0.5, 0.6) is 0 Å². The number of fused-ring (bicyclic) bond motifs is 1. The van der Waals surface area contributed by atoms with Gasteiger partial charge < -0.3 is 20.2 Å². The van der Waals surface area contributed by atoms with Gasteiger partial charge in [-0.05, 0) is 30.5 Å². The van der Waals surface area contributed by atoms with Gasteiger partial charge in [-0.25, -0.2) is 14.0 Å². The van der Waals surface area contributed by atoms with Crippen LogP contribution in [0.4, 0.5) is 14.9 Å². The van der Waals surface area contributed by atoms with Gasteiger partial charge in [-0.1, -0.05) is 35.1 Å². The molecule has 2 fully saturated rings. The highest BCUT2D eigenvalue weighted by Gasteiger charge is 2.33. The van der Waals surface area contributed by atoms with Crippen LogP contribution in [-0.2, 0) is 6.61 Å². The van der Waals surface area contributed by atoms with Crippen molar-refractivity contribution in [3.63, 3.8) is 0 Å². The summed E-state index contributed by atoms with van der Waals surface area (Å²) in [5, 5.41) is 11.2. The molecule has 2 aromatic carbocycles. The van der Waals surface area contributed by atoms with Gasteiger partial charge in [-0.15, -0.1) is 0 Å². The summed E-state index contributed by atoms with van der Waals surface area (Å²) in [5.74, 6) is -0.612. The molecule has 9 nitrogen and oxygen atoms in total. The number of benzene rings is 2. The Morgan fingerprint density at radius 1 is 1.16 bits per heavy atom. The van der Waals surface area contributed by atoms with Crippen LogP contribution < -0.4 is 26.3 Å². The lowest BCUT2D eigenvalue weighted by Gasteiger charge is -2.40. The molecule has 0 spiro atoms. The lowest BCUT2D eigenvalue weighted by molar-refractivity contribution is 0.0773. The van der Waals surface area contributed by atoms with E-state index in [2.05, 4.69) is 5.32 Å². The lowest BCUT2D eigenvalue weighted by atomic mass is 10.1. The molecular formula is C22H21FN4O5. The SMILES string of the molecule is O=C(O)NC1CN(c2cc3c(cc2F)c(=O)n(OCc2ccccc2)c(=O)n3C2CC2)C1. The first-order valence-corrected chi connectivity index (χ1v) is 10.3. The Labute approximate surface area is 181 Å². The summed E-state index contributed by atoms with van der Waals surface area (Å²) in [4.78, 5) is 44.2. The molecule has 0 atom stereocenters. The van der Waals surface area contributed by atoms with Gasteiger partial charge in [0.1, 0.15) is 12.4 Å². The number of halogens is 1. The Balaban J connectivity index is 1.54. The molecule has 1 saturated carbocycles. The number of nitrogens with one attached hydrogen (secondary N) is 1. The van der Waals surface area contributed by atoms with Gasteiger partial charge in [0.05, 0.1) is 22.6 Å². The third-order valence-electron chi connectivity index (χ3n) is 5.78. The van der Waals surface area contributed by atoms with E-state index in [1.807, 2.05) is 30.3 Å². The van der Waals surface area contributed by atoms with Crippen LogP contribution in [0.2, 0.25) is 0 Å². The van der Waals surface area contributed by atoms with Crippen LogP contribution in [0, 0.1) is 5.82 Å². The molecule has 2 heterocycles. The Hall–Kier alpha value is -3.82. The van der Waals surface area contributed by atoms with E-state index in [1.54, 1.807) is 4.90 Å². The highest BCUT2D eigenvalue weighted by molar-refractivity contribution is 5.83. The van der Waals surface area contributed by atoms with E-state index in [1.165, 1.54) is 10.6 Å². The van der Waals surface area contributed by atoms with Gasteiger partial charge >= 0.3 is 11.8 Å². The Morgan fingerprint density at radius 2 is 1.88 bits per heavy atom. The van der Waals surface area contributed by atoms with Gasteiger partial charge in [0.15, 0.2) is 0 Å². The molecule has 32 heavy (non-hydrogen) atoms. The van der Waals surface area contributed by atoms with Crippen molar-refractivity contribution in [1.29, 1.82) is 0 Å². The van der Waals surface area contributed by atoms with Crippen LogP contribution >= 0.6 is 0 Å². The molecular weight excluding hydrogens is 419 g/mol. The number of anilines is 1. The number of carboxylic acid groups (broad SMARTS) is 1. The predicted molar refractivity (Wildman–Crippen MR) is 115 cm³/mol. The number of amides is 1. The topological polar surface area (TPSA) is 106 Å². The summed E-state index contributed by atoms with van der Waals surface area (Å²) >= 11 is 0. The smallest absolute Gasteiger partial charge is 0.405 e. The second-order valence-electron chi connectivity index (χ2n) is 8.11. The first-order valence-electron chi connectivity index (χ1n) is 10.3. The van der Waals surface area contributed by atoms with Crippen molar-refractivity contribution in [2.45, 2.75) is 31.5 Å². The largest absolute Gasteiger partial charge is 0.465 e. The minimum Gasteiger partial charge on any atom is -0.465 e. The number of nitrogens with zero attached hydrogens (tertiary/aromatic N) is 3. The maximum atomic E-state index is 14.9. The molecule has 1 saturated heterocycles. The fourth-order valence-electron chi connectivity index (χ4n) is 4.01. The van der Waals surface area contributed by atoms with E-state index in [0.717, 1.165) is 24.5 Å². The molecule has 10 heteroatoms. The summed E-state index contributed by atoms with van der Waals surface area (Å²) in [6.07, 6.45) is 0.437. The third kappa shape index (κ3) is 3.57. The molecule has 0 radical (unpaired) electrons. The Morgan fingerprint density at radius 3 is 2.53 bits per heavy atom. The van der Waals surface area contributed by atoms with E-state index in [4.69, 9.17) is 9.94 Å². The van der Waals surface area contributed by atoms with Crippen molar-refractivity contribution in [2.24, 2.45) is 0 Å². The zero-order valence-corrected chi connectivity index (χ0v) is 17.0. The summed E-state index contributed by atoms with van der Waals surface area (Å²) in [7, 11) is 0. The standard InChI is InChI=1S/C22H21FN4O5/c23-17-8-16-18(9-19(17)25-10-14(11-25)24-21(29)30)26(15-6-7-15)22(31)27(20(16)28)32-12-13-4-2-1-3-5-13/h1-5,8-9,14-15,24H,6-7,10-12H2,(H,29,30). The number of hydrogen-bond donors (Lipinski definition) is 2. The third-order valence-corrected chi connectivity index (χ3v) is 5.78. The van der Waals surface area contributed by atoms with Crippen LogP contribution in [0.25, 0.3) is 10.9 Å². The molecule has 1 aliphatic carbocycles. The summed E-state index contributed by atoms with van der Waals surface area (Å²) in [6.45, 7) is 0.637. The molecule has 166 valence electrons. The van der Waals surface area contributed by atoms with Gasteiger partial charge in [0.25, 0.3) is 5.56 Å². The lowest BCUT2D eigenvalue weighted by Crippen LogP contribution is -2.59. The maximum absolute atomic E-state index is 14.9. The molecule has 2 N–H and O–H groups in total. The monoisotopic (exact) mass is 440 g/mol. The summed E-state index contributed by atoms with van der Waals surface area (Å²) in [6, 6.07) is 11.4. The minimum atomic E-state index is -1.13. The van der Waals surface area contributed by atoms with Crippen molar-refractivity contribution in [2.75, 3.05) is 18.0 Å². The average Bonchev–Trinajstić information content (AvgIpc) is 3.57. The fourth-order valence-corrected chi connectivity index (χ4v) is 4.01. The van der Waals surface area contributed by atoms with Gasteiger partial charge in [0.2, 0.25) is 0 Å². The summed E-state index contributed by atoms with van der Waals surface area (Å²) < 4.78 is 17.1. The zero-order chi connectivity index (χ0) is 22.4. The number of carbonyl (C=O) groups is 1. The van der Waals surface area contributed by atoms with Crippen molar-refractivity contribution in [3.8, 4) is 0 Å². The zero-order valence-electron chi connectivity index (χ0n) is 17.0. The van der Waals surface area contributed by atoms with E-state index in [9.17, 15) is 18.8 Å². The van der Waals surface area contributed by atoms with E-state index >= 15 is 0 Å².